The smallest absolute Gasteiger partial charge is 0.287 e. The minimum Gasteiger partial charge on any atom is -0.334 e. The van der Waals surface area contributed by atoms with E-state index >= 15 is 8.78 Å². The molecule has 2 saturated carbocycles. The topological polar surface area (TPSA) is 38.1 Å². The summed E-state index contributed by atoms with van der Waals surface area (Å²) in [7, 11) is 0. The maximum atomic E-state index is 15.0. The van der Waals surface area contributed by atoms with E-state index in [-0.39, 0.29) is 23.8 Å². The third-order valence-corrected chi connectivity index (χ3v) is 8.37. The van der Waals surface area contributed by atoms with Crippen LogP contribution in [-0.4, -0.2) is 33.7 Å². The van der Waals surface area contributed by atoms with E-state index in [1.54, 1.807) is 4.90 Å². The van der Waals surface area contributed by atoms with Crippen molar-refractivity contribution >= 4 is 34.7 Å². The molecule has 37 heavy (non-hydrogen) atoms. The number of hydrogen-bond donors (Lipinski definition) is 0. The van der Waals surface area contributed by atoms with Crippen molar-refractivity contribution in [3.05, 3.63) is 57.3 Å². The Morgan fingerprint density at radius 2 is 1.65 bits per heavy atom. The van der Waals surface area contributed by atoms with Gasteiger partial charge in [0.05, 0.1) is 17.8 Å². The van der Waals surface area contributed by atoms with Crippen LogP contribution in [0.15, 0.2) is 24.9 Å². The second-order valence-corrected chi connectivity index (χ2v) is 11.7. The maximum Gasteiger partial charge on any atom is 0.287 e. The van der Waals surface area contributed by atoms with E-state index in [4.69, 9.17) is 23.2 Å². The van der Waals surface area contributed by atoms with E-state index in [2.05, 4.69) is 11.7 Å². The van der Waals surface area contributed by atoms with E-state index < -0.39 is 11.8 Å². The van der Waals surface area contributed by atoms with Gasteiger partial charge in [-0.3, -0.25) is 9.48 Å². The number of nitrogens with zero attached hydrogens (tertiary/aromatic N) is 3. The van der Waals surface area contributed by atoms with Crippen LogP contribution < -0.4 is 0 Å². The van der Waals surface area contributed by atoms with E-state index in [1.807, 2.05) is 19.1 Å². The number of benzene rings is 1. The zero-order valence-electron chi connectivity index (χ0n) is 21.8. The first kappa shape index (κ1) is 28.1. The third kappa shape index (κ3) is 6.57. The maximum absolute atomic E-state index is 15.0. The van der Waals surface area contributed by atoms with Crippen molar-refractivity contribution in [1.29, 1.82) is 0 Å². The average Bonchev–Trinajstić information content (AvgIpc) is 3.30. The monoisotopic (exact) mass is 551 g/mol. The SMILES string of the molecule is C=C(CN(CC1CCCCC1)C(=O)c1cnn(C2CCCCC2)c1C(C)(F)F)c1c(Cl)cc(C)cc1Cl. The molecule has 0 spiro atoms. The molecule has 0 unspecified atom stereocenters. The van der Waals surface area contributed by atoms with Crippen LogP contribution in [0, 0.1) is 12.8 Å². The van der Waals surface area contributed by atoms with Crippen LogP contribution in [-0.2, 0) is 5.92 Å². The number of aromatic nitrogens is 2. The van der Waals surface area contributed by atoms with Gasteiger partial charge in [0.25, 0.3) is 11.8 Å². The summed E-state index contributed by atoms with van der Waals surface area (Å²) in [6.07, 6.45) is 11.4. The summed E-state index contributed by atoms with van der Waals surface area (Å²) < 4.78 is 31.5. The second-order valence-electron chi connectivity index (χ2n) is 10.9. The second kappa shape index (κ2) is 11.9. The van der Waals surface area contributed by atoms with Gasteiger partial charge in [-0.25, -0.2) is 0 Å². The Labute approximate surface area is 229 Å². The van der Waals surface area contributed by atoms with Crippen LogP contribution in [0.1, 0.15) is 104 Å². The lowest BCUT2D eigenvalue weighted by atomic mass is 9.88. The molecule has 1 heterocycles. The van der Waals surface area contributed by atoms with Gasteiger partial charge in [0.15, 0.2) is 0 Å². The summed E-state index contributed by atoms with van der Waals surface area (Å²) >= 11 is 13.0. The molecule has 0 saturated heterocycles. The fourth-order valence-electron chi connectivity index (χ4n) is 5.98. The van der Waals surface area contributed by atoms with Crippen molar-refractivity contribution < 1.29 is 13.6 Å². The fraction of sp³-hybridized carbons (Fsp3) is 0.586. The van der Waals surface area contributed by atoms with Gasteiger partial charge in [0.1, 0.15) is 5.69 Å². The van der Waals surface area contributed by atoms with Crippen molar-refractivity contribution in [2.75, 3.05) is 13.1 Å². The molecule has 2 aliphatic carbocycles. The van der Waals surface area contributed by atoms with E-state index in [0.717, 1.165) is 70.3 Å². The largest absolute Gasteiger partial charge is 0.334 e. The van der Waals surface area contributed by atoms with Crippen LogP contribution in [0.4, 0.5) is 8.78 Å². The van der Waals surface area contributed by atoms with Crippen molar-refractivity contribution in [1.82, 2.24) is 14.7 Å². The number of amides is 1. The fourth-order valence-corrected chi connectivity index (χ4v) is 6.84. The van der Waals surface area contributed by atoms with Gasteiger partial charge in [-0.15, -0.1) is 0 Å². The minimum atomic E-state index is -3.20. The van der Waals surface area contributed by atoms with Gasteiger partial charge >= 0.3 is 0 Å². The highest BCUT2D eigenvalue weighted by Crippen LogP contribution is 2.38. The molecule has 0 atom stereocenters. The Bertz CT molecular complexity index is 1110. The third-order valence-electron chi connectivity index (χ3n) is 7.77. The summed E-state index contributed by atoms with van der Waals surface area (Å²) in [6.45, 7) is 7.59. The first-order valence-corrected chi connectivity index (χ1v) is 14.2. The molecule has 1 aromatic carbocycles. The molecule has 1 aromatic heterocycles. The number of alkyl halides is 2. The Kier molecular flexibility index (Phi) is 9.00. The first-order valence-electron chi connectivity index (χ1n) is 13.4. The van der Waals surface area contributed by atoms with E-state index in [9.17, 15) is 4.79 Å². The van der Waals surface area contributed by atoms with Crippen LogP contribution in [0.2, 0.25) is 10.0 Å². The average molecular weight is 553 g/mol. The van der Waals surface area contributed by atoms with Crippen LogP contribution in [0.25, 0.3) is 5.57 Å². The highest BCUT2D eigenvalue weighted by Gasteiger charge is 2.39. The number of carbonyl (C=O) groups is 1. The van der Waals surface area contributed by atoms with E-state index in [0.29, 0.717) is 33.6 Å². The molecule has 8 heteroatoms. The molecule has 0 aliphatic heterocycles. The summed E-state index contributed by atoms with van der Waals surface area (Å²) in [6, 6.07) is 3.51. The summed E-state index contributed by atoms with van der Waals surface area (Å²) in [5, 5.41) is 5.28. The lowest BCUT2D eigenvalue weighted by Crippen LogP contribution is -2.38. The molecule has 0 N–H and O–H groups in total. The van der Waals surface area contributed by atoms with Crippen molar-refractivity contribution in [2.24, 2.45) is 5.92 Å². The molecular formula is C29H37Cl2F2N3O. The van der Waals surface area contributed by atoms with Gasteiger partial charge < -0.3 is 4.90 Å². The lowest BCUT2D eigenvalue weighted by Gasteiger charge is -2.31. The van der Waals surface area contributed by atoms with Crippen molar-refractivity contribution in [3.8, 4) is 0 Å². The van der Waals surface area contributed by atoms with Gasteiger partial charge in [-0.1, -0.05) is 68.3 Å². The number of halogens is 4. The molecule has 4 nitrogen and oxygen atoms in total. The molecule has 1 amide bonds. The zero-order chi connectivity index (χ0) is 26.7. The van der Waals surface area contributed by atoms with Crippen molar-refractivity contribution in [3.63, 3.8) is 0 Å². The zero-order valence-corrected chi connectivity index (χ0v) is 23.4. The Morgan fingerprint density at radius 1 is 1.08 bits per heavy atom. The molecule has 202 valence electrons. The van der Waals surface area contributed by atoms with E-state index in [1.165, 1.54) is 17.3 Å². The quantitative estimate of drug-likeness (QED) is 0.328. The van der Waals surface area contributed by atoms with Gasteiger partial charge in [-0.2, -0.15) is 13.9 Å². The highest BCUT2D eigenvalue weighted by atomic mass is 35.5. The Hall–Kier alpha value is -1.92. The molecular weight excluding hydrogens is 515 g/mol. The molecule has 0 radical (unpaired) electrons. The normalized spacial score (nSPS) is 17.7. The summed E-state index contributed by atoms with van der Waals surface area (Å²) in [5.74, 6) is -3.33. The molecule has 2 fully saturated rings. The van der Waals surface area contributed by atoms with Gasteiger partial charge in [0, 0.05) is 35.6 Å². The number of rotatable bonds is 8. The summed E-state index contributed by atoms with van der Waals surface area (Å²) in [4.78, 5) is 15.7. The number of hydrogen-bond acceptors (Lipinski definition) is 2. The lowest BCUT2D eigenvalue weighted by molar-refractivity contribution is 0.00365. The van der Waals surface area contributed by atoms with Crippen molar-refractivity contribution in [2.45, 2.75) is 90.0 Å². The van der Waals surface area contributed by atoms with Crippen LogP contribution in [0.3, 0.4) is 0 Å². The molecule has 0 bridgehead atoms. The van der Waals surface area contributed by atoms with Crippen LogP contribution in [0.5, 0.6) is 0 Å². The standard InChI is InChI=1S/C29H37Cl2F2N3O/c1-19-14-24(30)26(25(31)15-19)20(2)17-35(18-21-10-6-4-7-11-21)28(37)23-16-34-36(27(23)29(3,32)33)22-12-8-5-9-13-22/h14-16,21-22H,2,4-13,17-18H2,1,3H3. The first-order chi connectivity index (χ1) is 17.6. The van der Waals surface area contributed by atoms with Crippen LogP contribution >= 0.6 is 23.2 Å². The molecule has 4 rings (SSSR count). The summed E-state index contributed by atoms with van der Waals surface area (Å²) in [5.41, 5.74) is 1.79. The molecule has 2 aliphatic rings. The minimum absolute atomic E-state index is 0.0252. The highest BCUT2D eigenvalue weighted by molar-refractivity contribution is 6.37. The predicted octanol–water partition coefficient (Wildman–Crippen LogP) is 8.85. The van der Waals surface area contributed by atoms with Gasteiger partial charge in [-0.05, 0) is 61.8 Å². The number of aryl methyl sites for hydroxylation is 1. The molecule has 2 aromatic rings. The van der Waals surface area contributed by atoms with Gasteiger partial charge in [0.2, 0.25) is 0 Å². The Balaban J connectivity index is 1.68. The Morgan fingerprint density at radius 3 is 2.22 bits per heavy atom. The number of carbonyl (C=O) groups excluding carboxylic acids is 1. The predicted molar refractivity (Wildman–Crippen MR) is 147 cm³/mol.